The molecule has 0 unspecified atom stereocenters. The van der Waals surface area contributed by atoms with Crippen LogP contribution in [0.15, 0.2) is 18.2 Å². The molecule has 0 bridgehead atoms. The third-order valence-corrected chi connectivity index (χ3v) is 4.61. The van der Waals surface area contributed by atoms with E-state index in [4.69, 9.17) is 16.3 Å². The van der Waals surface area contributed by atoms with Crippen molar-refractivity contribution in [2.75, 3.05) is 24.3 Å². The van der Waals surface area contributed by atoms with Crippen molar-refractivity contribution in [3.05, 3.63) is 40.3 Å². The highest BCUT2D eigenvalue weighted by molar-refractivity contribution is 6.31. The average molecular weight is 375 g/mol. The minimum atomic E-state index is -0.113. The van der Waals surface area contributed by atoms with Crippen molar-refractivity contribution in [2.24, 2.45) is 0 Å². The monoisotopic (exact) mass is 374 g/mol. The lowest BCUT2D eigenvalue weighted by Gasteiger charge is -2.19. The molecule has 0 radical (unpaired) electrons. The molecule has 26 heavy (non-hydrogen) atoms. The fraction of sp³-hybridized carbons (Fsp3) is 0.421. The van der Waals surface area contributed by atoms with Gasteiger partial charge in [0, 0.05) is 29.2 Å². The first-order valence-corrected chi connectivity index (χ1v) is 9.18. The van der Waals surface area contributed by atoms with E-state index in [2.05, 4.69) is 20.6 Å². The molecule has 3 rings (SSSR count). The van der Waals surface area contributed by atoms with Crippen LogP contribution in [0, 0.1) is 6.92 Å². The first kappa shape index (κ1) is 18.5. The van der Waals surface area contributed by atoms with Gasteiger partial charge < -0.3 is 15.4 Å². The van der Waals surface area contributed by atoms with Gasteiger partial charge in [-0.1, -0.05) is 11.6 Å². The number of amides is 1. The molecular formula is C19H23ClN4O2. The summed E-state index contributed by atoms with van der Waals surface area (Å²) in [6.45, 7) is 2.40. The summed E-state index contributed by atoms with van der Waals surface area (Å²) in [6, 6.07) is 5.13. The standard InChI is InChI=1S/C19H23ClN4O2/c1-12-22-15-6-4-3-5-14(15)19(23-12)21-10-9-18(25)24-16-11-13(20)7-8-17(16)26-2/h7-8,11H,3-6,9-10H2,1-2H3,(H,24,25)(H,21,22,23). The van der Waals surface area contributed by atoms with E-state index in [9.17, 15) is 4.79 Å². The Hall–Kier alpha value is -2.34. The molecule has 1 aromatic heterocycles. The maximum absolute atomic E-state index is 12.3. The molecule has 0 saturated carbocycles. The number of benzene rings is 1. The Labute approximate surface area is 158 Å². The Bertz CT molecular complexity index is 810. The molecule has 6 nitrogen and oxygen atoms in total. The van der Waals surface area contributed by atoms with Crippen molar-refractivity contribution in [2.45, 2.75) is 39.0 Å². The Morgan fingerprint density at radius 3 is 2.88 bits per heavy atom. The van der Waals surface area contributed by atoms with E-state index in [-0.39, 0.29) is 5.91 Å². The summed E-state index contributed by atoms with van der Waals surface area (Å²) in [7, 11) is 1.56. The first-order chi connectivity index (χ1) is 12.6. The molecule has 1 aliphatic rings. The topological polar surface area (TPSA) is 76.1 Å². The molecule has 1 aromatic carbocycles. The van der Waals surface area contributed by atoms with Crippen molar-refractivity contribution < 1.29 is 9.53 Å². The number of carbonyl (C=O) groups is 1. The van der Waals surface area contributed by atoms with E-state index >= 15 is 0 Å². The normalized spacial score (nSPS) is 13.0. The molecule has 0 spiro atoms. The van der Waals surface area contributed by atoms with Gasteiger partial charge in [0.25, 0.3) is 0 Å². The van der Waals surface area contributed by atoms with Crippen molar-refractivity contribution >= 4 is 29.0 Å². The van der Waals surface area contributed by atoms with E-state index in [0.29, 0.717) is 29.4 Å². The minimum Gasteiger partial charge on any atom is -0.495 e. The molecule has 0 saturated heterocycles. The number of rotatable bonds is 6. The van der Waals surface area contributed by atoms with Crippen LogP contribution in [0.1, 0.15) is 36.3 Å². The van der Waals surface area contributed by atoms with Crippen LogP contribution in [0.25, 0.3) is 0 Å². The lowest BCUT2D eigenvalue weighted by molar-refractivity contribution is -0.116. The van der Waals surface area contributed by atoms with Crippen LogP contribution in [0.3, 0.4) is 0 Å². The average Bonchev–Trinajstić information content (AvgIpc) is 2.61. The van der Waals surface area contributed by atoms with Gasteiger partial charge in [-0.05, 0) is 50.8 Å². The highest BCUT2D eigenvalue weighted by Crippen LogP contribution is 2.28. The zero-order valence-electron chi connectivity index (χ0n) is 15.1. The highest BCUT2D eigenvalue weighted by Gasteiger charge is 2.17. The number of aromatic nitrogens is 2. The Balaban J connectivity index is 1.60. The van der Waals surface area contributed by atoms with Crippen LogP contribution in [0.5, 0.6) is 5.75 Å². The molecule has 0 aliphatic heterocycles. The zero-order chi connectivity index (χ0) is 18.5. The number of fused-ring (bicyclic) bond motifs is 1. The summed E-state index contributed by atoms with van der Waals surface area (Å²) in [5, 5.41) is 6.69. The van der Waals surface area contributed by atoms with Crippen LogP contribution in [0.4, 0.5) is 11.5 Å². The predicted octanol–water partition coefficient (Wildman–Crippen LogP) is 3.77. The fourth-order valence-electron chi connectivity index (χ4n) is 3.15. The molecule has 1 amide bonds. The fourth-order valence-corrected chi connectivity index (χ4v) is 3.32. The van der Waals surface area contributed by atoms with Gasteiger partial charge in [0.1, 0.15) is 17.4 Å². The molecule has 1 heterocycles. The van der Waals surface area contributed by atoms with Gasteiger partial charge in [-0.15, -0.1) is 0 Å². The summed E-state index contributed by atoms with van der Waals surface area (Å²) < 4.78 is 5.24. The minimum absolute atomic E-state index is 0.113. The summed E-state index contributed by atoms with van der Waals surface area (Å²) in [4.78, 5) is 21.3. The van der Waals surface area contributed by atoms with E-state index in [1.165, 1.54) is 12.0 Å². The number of hydrogen-bond donors (Lipinski definition) is 2. The smallest absolute Gasteiger partial charge is 0.226 e. The molecule has 0 fully saturated rings. The molecule has 2 aromatic rings. The SMILES string of the molecule is COc1ccc(Cl)cc1NC(=O)CCNc1nc(C)nc2c1CCCC2. The van der Waals surface area contributed by atoms with Crippen LogP contribution in [-0.4, -0.2) is 29.5 Å². The molecule has 1 aliphatic carbocycles. The van der Waals surface area contributed by atoms with Crippen molar-refractivity contribution in [3.63, 3.8) is 0 Å². The number of aryl methyl sites for hydroxylation is 2. The van der Waals surface area contributed by atoms with Crippen LogP contribution in [-0.2, 0) is 17.6 Å². The lowest BCUT2D eigenvalue weighted by Crippen LogP contribution is -2.19. The van der Waals surface area contributed by atoms with Gasteiger partial charge in [-0.3, -0.25) is 4.79 Å². The van der Waals surface area contributed by atoms with E-state index in [0.717, 1.165) is 36.6 Å². The molecule has 7 heteroatoms. The second-order valence-electron chi connectivity index (χ2n) is 6.32. The quantitative estimate of drug-likeness (QED) is 0.804. The predicted molar refractivity (Wildman–Crippen MR) is 103 cm³/mol. The molecule has 0 atom stereocenters. The molecule has 2 N–H and O–H groups in total. The van der Waals surface area contributed by atoms with Gasteiger partial charge in [-0.25, -0.2) is 9.97 Å². The Kier molecular flexibility index (Phi) is 5.93. The number of anilines is 2. The second-order valence-corrected chi connectivity index (χ2v) is 6.76. The number of nitrogens with one attached hydrogen (secondary N) is 2. The summed E-state index contributed by atoms with van der Waals surface area (Å²) in [5.74, 6) is 2.09. The number of ether oxygens (including phenoxy) is 1. The molecular weight excluding hydrogens is 352 g/mol. The lowest BCUT2D eigenvalue weighted by atomic mass is 9.96. The zero-order valence-corrected chi connectivity index (χ0v) is 15.8. The molecule has 138 valence electrons. The van der Waals surface area contributed by atoms with E-state index in [1.807, 2.05) is 6.92 Å². The van der Waals surface area contributed by atoms with Gasteiger partial charge in [0.05, 0.1) is 12.8 Å². The van der Waals surface area contributed by atoms with Crippen molar-refractivity contribution in [1.29, 1.82) is 0 Å². The first-order valence-electron chi connectivity index (χ1n) is 8.80. The Morgan fingerprint density at radius 1 is 1.27 bits per heavy atom. The van der Waals surface area contributed by atoms with E-state index < -0.39 is 0 Å². The van der Waals surface area contributed by atoms with Crippen LogP contribution in [0.2, 0.25) is 5.02 Å². The maximum atomic E-state index is 12.3. The van der Waals surface area contributed by atoms with Crippen LogP contribution < -0.4 is 15.4 Å². The summed E-state index contributed by atoms with van der Waals surface area (Å²) in [6.07, 6.45) is 4.63. The van der Waals surface area contributed by atoms with Crippen LogP contribution >= 0.6 is 11.6 Å². The number of carbonyl (C=O) groups excluding carboxylic acids is 1. The van der Waals surface area contributed by atoms with Gasteiger partial charge >= 0.3 is 0 Å². The highest BCUT2D eigenvalue weighted by atomic mass is 35.5. The van der Waals surface area contributed by atoms with Crippen molar-refractivity contribution in [1.82, 2.24) is 9.97 Å². The maximum Gasteiger partial charge on any atom is 0.226 e. The summed E-state index contributed by atoms with van der Waals surface area (Å²) >= 11 is 5.99. The number of nitrogens with zero attached hydrogens (tertiary/aromatic N) is 2. The second kappa shape index (κ2) is 8.36. The summed E-state index contributed by atoms with van der Waals surface area (Å²) in [5.41, 5.74) is 2.90. The Morgan fingerprint density at radius 2 is 2.08 bits per heavy atom. The number of halogens is 1. The third kappa shape index (κ3) is 4.43. The number of methoxy groups -OCH3 is 1. The van der Waals surface area contributed by atoms with E-state index in [1.54, 1.807) is 25.3 Å². The largest absolute Gasteiger partial charge is 0.495 e. The van der Waals surface area contributed by atoms with Crippen molar-refractivity contribution in [3.8, 4) is 5.75 Å². The number of hydrogen-bond acceptors (Lipinski definition) is 5. The third-order valence-electron chi connectivity index (χ3n) is 4.38. The van der Waals surface area contributed by atoms with Gasteiger partial charge in [0.2, 0.25) is 5.91 Å². The van der Waals surface area contributed by atoms with Gasteiger partial charge in [-0.2, -0.15) is 0 Å². The van der Waals surface area contributed by atoms with Gasteiger partial charge in [0.15, 0.2) is 0 Å².